The Morgan fingerprint density at radius 2 is 2.12 bits per heavy atom. The molecule has 3 heteroatoms. The van der Waals surface area contributed by atoms with Crippen LogP contribution in [-0.2, 0) is 16.1 Å². The number of benzene rings is 1. The smallest absolute Gasteiger partial charge is 0.240 e. The average molecular weight is 219 g/mol. The Balaban J connectivity index is 2.43. The average Bonchev–Trinajstić information content (AvgIpc) is 2.31. The first-order chi connectivity index (χ1) is 7.88. The monoisotopic (exact) mass is 219 g/mol. The molecule has 0 aliphatic rings. The van der Waals surface area contributed by atoms with E-state index in [0.29, 0.717) is 12.3 Å². The Bertz CT molecular complexity index is 357. The minimum atomic E-state index is 0.505. The number of hydrogen-bond donors (Lipinski definition) is 0. The maximum Gasteiger partial charge on any atom is 0.240 e. The molecule has 0 aliphatic carbocycles. The number of rotatable bonds is 7. The fourth-order valence-electron chi connectivity index (χ4n) is 1.43. The van der Waals surface area contributed by atoms with Gasteiger partial charge in [-0.2, -0.15) is 4.99 Å². The Kier molecular flexibility index (Phi) is 6.16. The third-order valence-corrected chi connectivity index (χ3v) is 2.31. The van der Waals surface area contributed by atoms with Crippen molar-refractivity contribution < 1.29 is 9.53 Å². The molecule has 86 valence electrons. The molecule has 0 atom stereocenters. The molecular formula is C13H17NO2. The van der Waals surface area contributed by atoms with E-state index in [1.807, 2.05) is 18.2 Å². The van der Waals surface area contributed by atoms with Gasteiger partial charge in [0.15, 0.2) is 0 Å². The second-order valence-corrected chi connectivity index (χ2v) is 3.59. The first-order valence-electron chi connectivity index (χ1n) is 5.62. The van der Waals surface area contributed by atoms with Crippen molar-refractivity contribution in [2.45, 2.75) is 32.8 Å². The van der Waals surface area contributed by atoms with Crippen LogP contribution in [0, 0.1) is 0 Å². The molecule has 0 N–H and O–H groups in total. The summed E-state index contributed by atoms with van der Waals surface area (Å²) < 4.78 is 5.52. The van der Waals surface area contributed by atoms with Gasteiger partial charge >= 0.3 is 0 Å². The predicted molar refractivity (Wildman–Crippen MR) is 63.4 cm³/mol. The lowest BCUT2D eigenvalue weighted by Gasteiger charge is -2.05. The van der Waals surface area contributed by atoms with E-state index in [1.165, 1.54) is 12.8 Å². The van der Waals surface area contributed by atoms with Crippen LogP contribution in [0.5, 0.6) is 0 Å². The van der Waals surface area contributed by atoms with E-state index in [4.69, 9.17) is 4.74 Å². The van der Waals surface area contributed by atoms with Crippen LogP contribution in [0.25, 0.3) is 0 Å². The summed E-state index contributed by atoms with van der Waals surface area (Å²) in [6.07, 6.45) is 5.01. The molecule has 0 heterocycles. The number of carbonyl (C=O) groups excluding carboxylic acids is 1. The largest absolute Gasteiger partial charge is 0.377 e. The van der Waals surface area contributed by atoms with Crippen LogP contribution in [0.4, 0.5) is 5.69 Å². The van der Waals surface area contributed by atoms with Gasteiger partial charge in [-0.1, -0.05) is 38.0 Å². The summed E-state index contributed by atoms with van der Waals surface area (Å²) in [4.78, 5) is 13.8. The lowest BCUT2D eigenvalue weighted by atomic mass is 10.2. The zero-order valence-electron chi connectivity index (χ0n) is 9.61. The lowest BCUT2D eigenvalue weighted by molar-refractivity contribution is 0.117. The van der Waals surface area contributed by atoms with E-state index in [-0.39, 0.29) is 0 Å². The van der Waals surface area contributed by atoms with Gasteiger partial charge in [-0.15, -0.1) is 0 Å². The molecule has 0 aliphatic heterocycles. The van der Waals surface area contributed by atoms with Gasteiger partial charge in [-0.25, -0.2) is 4.79 Å². The van der Waals surface area contributed by atoms with Gasteiger partial charge in [0, 0.05) is 12.2 Å². The van der Waals surface area contributed by atoms with Crippen molar-refractivity contribution in [3.05, 3.63) is 29.8 Å². The highest BCUT2D eigenvalue weighted by atomic mass is 16.5. The molecule has 0 spiro atoms. The van der Waals surface area contributed by atoms with Crippen molar-refractivity contribution in [3.63, 3.8) is 0 Å². The van der Waals surface area contributed by atoms with Gasteiger partial charge in [0.05, 0.1) is 12.3 Å². The number of unbranched alkanes of at least 4 members (excludes halogenated alkanes) is 2. The maximum absolute atomic E-state index is 10.2. The molecule has 0 saturated heterocycles. The van der Waals surface area contributed by atoms with Crippen molar-refractivity contribution in [2.75, 3.05) is 6.61 Å². The number of ether oxygens (including phenoxy) is 1. The lowest BCUT2D eigenvalue weighted by Crippen LogP contribution is -1.95. The topological polar surface area (TPSA) is 38.7 Å². The molecule has 0 fully saturated rings. The first kappa shape index (κ1) is 12.6. The van der Waals surface area contributed by atoms with Gasteiger partial charge in [-0.3, -0.25) is 0 Å². The van der Waals surface area contributed by atoms with Crippen molar-refractivity contribution in [1.29, 1.82) is 0 Å². The number of hydrogen-bond acceptors (Lipinski definition) is 3. The van der Waals surface area contributed by atoms with E-state index >= 15 is 0 Å². The number of para-hydroxylation sites is 1. The minimum absolute atomic E-state index is 0.505. The maximum atomic E-state index is 10.2. The Morgan fingerprint density at radius 3 is 2.88 bits per heavy atom. The Morgan fingerprint density at radius 1 is 1.31 bits per heavy atom. The standard InChI is InChI=1S/C13H17NO2/c1-2-3-6-9-16-10-12-7-4-5-8-13(12)14-11-15/h4-5,7-8H,2-3,6,9-10H2,1H3. The van der Waals surface area contributed by atoms with E-state index in [0.717, 1.165) is 18.6 Å². The third-order valence-electron chi connectivity index (χ3n) is 2.31. The minimum Gasteiger partial charge on any atom is -0.377 e. The Labute approximate surface area is 96.2 Å². The number of isocyanates is 1. The SMILES string of the molecule is CCCCCOCc1ccccc1N=C=O. The molecule has 0 amide bonds. The van der Waals surface area contributed by atoms with E-state index < -0.39 is 0 Å². The van der Waals surface area contributed by atoms with Gasteiger partial charge in [-0.05, 0) is 12.5 Å². The highest BCUT2D eigenvalue weighted by molar-refractivity contribution is 5.53. The van der Waals surface area contributed by atoms with Crippen molar-refractivity contribution in [2.24, 2.45) is 4.99 Å². The second kappa shape index (κ2) is 7.80. The molecule has 16 heavy (non-hydrogen) atoms. The highest BCUT2D eigenvalue weighted by Gasteiger charge is 1.99. The van der Waals surface area contributed by atoms with Crippen LogP contribution in [-0.4, -0.2) is 12.7 Å². The highest BCUT2D eigenvalue weighted by Crippen LogP contribution is 2.18. The molecule has 1 aromatic rings. The molecule has 3 nitrogen and oxygen atoms in total. The number of nitrogens with zero attached hydrogens (tertiary/aromatic N) is 1. The summed E-state index contributed by atoms with van der Waals surface area (Å²) in [5.41, 5.74) is 1.58. The van der Waals surface area contributed by atoms with E-state index in [1.54, 1.807) is 12.1 Å². The van der Waals surface area contributed by atoms with Crippen LogP contribution in [0.3, 0.4) is 0 Å². The fraction of sp³-hybridized carbons (Fsp3) is 0.462. The van der Waals surface area contributed by atoms with Crippen LogP contribution < -0.4 is 0 Å². The number of aliphatic imine (C=N–C) groups is 1. The third kappa shape index (κ3) is 4.39. The summed E-state index contributed by atoms with van der Waals surface area (Å²) in [5, 5.41) is 0. The summed E-state index contributed by atoms with van der Waals surface area (Å²) in [5.74, 6) is 0. The van der Waals surface area contributed by atoms with Crippen molar-refractivity contribution in [3.8, 4) is 0 Å². The molecule has 0 saturated carbocycles. The van der Waals surface area contributed by atoms with Gasteiger partial charge < -0.3 is 4.74 Å². The van der Waals surface area contributed by atoms with Crippen molar-refractivity contribution >= 4 is 11.8 Å². The molecule has 1 rings (SSSR count). The van der Waals surface area contributed by atoms with Gasteiger partial charge in [0.2, 0.25) is 6.08 Å². The van der Waals surface area contributed by atoms with E-state index in [2.05, 4.69) is 11.9 Å². The first-order valence-corrected chi connectivity index (χ1v) is 5.62. The fourth-order valence-corrected chi connectivity index (χ4v) is 1.43. The summed E-state index contributed by atoms with van der Waals surface area (Å²) in [6.45, 7) is 3.42. The molecule has 0 bridgehead atoms. The summed E-state index contributed by atoms with van der Waals surface area (Å²) in [7, 11) is 0. The zero-order chi connectivity index (χ0) is 11.6. The van der Waals surface area contributed by atoms with Gasteiger partial charge in [0.1, 0.15) is 0 Å². The summed E-state index contributed by atoms with van der Waals surface area (Å²) in [6, 6.07) is 7.46. The van der Waals surface area contributed by atoms with Crippen LogP contribution in [0.2, 0.25) is 0 Å². The van der Waals surface area contributed by atoms with Crippen LogP contribution >= 0.6 is 0 Å². The molecule has 0 unspecified atom stereocenters. The van der Waals surface area contributed by atoms with Gasteiger partial charge in [0.25, 0.3) is 0 Å². The molecule has 1 aromatic carbocycles. The summed E-state index contributed by atoms with van der Waals surface area (Å²) >= 11 is 0. The zero-order valence-corrected chi connectivity index (χ0v) is 9.61. The second-order valence-electron chi connectivity index (χ2n) is 3.59. The molecule has 0 aromatic heterocycles. The predicted octanol–water partition coefficient (Wildman–Crippen LogP) is 3.36. The molecular weight excluding hydrogens is 202 g/mol. The quantitative estimate of drug-likeness (QED) is 0.400. The van der Waals surface area contributed by atoms with E-state index in [9.17, 15) is 4.79 Å². The molecule has 0 radical (unpaired) electrons. The van der Waals surface area contributed by atoms with Crippen LogP contribution in [0.1, 0.15) is 31.7 Å². The Hall–Kier alpha value is -1.44. The van der Waals surface area contributed by atoms with Crippen LogP contribution in [0.15, 0.2) is 29.3 Å². The normalized spacial score (nSPS) is 9.81. The van der Waals surface area contributed by atoms with Crippen molar-refractivity contribution in [1.82, 2.24) is 0 Å².